The van der Waals surface area contributed by atoms with E-state index in [0.29, 0.717) is 6.54 Å². The first-order valence-corrected chi connectivity index (χ1v) is 7.34. The van der Waals surface area contributed by atoms with E-state index in [2.05, 4.69) is 17.1 Å². The SMILES string of the molecule is CCCCc1noc(C2(CN)CCCCCC2)n1. The summed E-state index contributed by atoms with van der Waals surface area (Å²) in [5.41, 5.74) is 5.97. The van der Waals surface area contributed by atoms with E-state index in [4.69, 9.17) is 10.3 Å². The summed E-state index contributed by atoms with van der Waals surface area (Å²) < 4.78 is 5.51. The molecule has 0 atom stereocenters. The third-order valence-corrected chi connectivity index (χ3v) is 4.13. The van der Waals surface area contributed by atoms with Crippen molar-refractivity contribution >= 4 is 0 Å². The van der Waals surface area contributed by atoms with Crippen molar-refractivity contribution in [3.63, 3.8) is 0 Å². The fourth-order valence-corrected chi connectivity index (χ4v) is 2.82. The topological polar surface area (TPSA) is 64.9 Å². The monoisotopic (exact) mass is 251 g/mol. The number of nitrogens with two attached hydrogens (primary N) is 1. The van der Waals surface area contributed by atoms with Gasteiger partial charge in [-0.25, -0.2) is 0 Å². The zero-order valence-electron chi connectivity index (χ0n) is 11.5. The normalized spacial score (nSPS) is 19.7. The summed E-state index contributed by atoms with van der Waals surface area (Å²) >= 11 is 0. The molecule has 102 valence electrons. The van der Waals surface area contributed by atoms with E-state index in [1.54, 1.807) is 0 Å². The van der Waals surface area contributed by atoms with Crippen LogP contribution in [0.4, 0.5) is 0 Å². The zero-order valence-corrected chi connectivity index (χ0v) is 11.5. The predicted octanol–water partition coefficient (Wildman–Crippen LogP) is 2.96. The second kappa shape index (κ2) is 6.32. The molecule has 4 nitrogen and oxygen atoms in total. The van der Waals surface area contributed by atoms with Crippen LogP contribution < -0.4 is 5.73 Å². The van der Waals surface area contributed by atoms with E-state index in [9.17, 15) is 0 Å². The maximum Gasteiger partial charge on any atom is 0.234 e. The molecule has 18 heavy (non-hydrogen) atoms. The van der Waals surface area contributed by atoms with Crippen molar-refractivity contribution in [3.8, 4) is 0 Å². The molecule has 0 saturated heterocycles. The van der Waals surface area contributed by atoms with Crippen LogP contribution in [0.25, 0.3) is 0 Å². The first-order chi connectivity index (χ1) is 8.80. The quantitative estimate of drug-likeness (QED) is 0.817. The van der Waals surface area contributed by atoms with Crippen molar-refractivity contribution in [1.29, 1.82) is 0 Å². The van der Waals surface area contributed by atoms with Gasteiger partial charge in [0.1, 0.15) is 0 Å². The summed E-state index contributed by atoms with van der Waals surface area (Å²) in [6.45, 7) is 2.80. The molecule has 0 spiro atoms. The first kappa shape index (κ1) is 13.5. The van der Waals surface area contributed by atoms with Crippen molar-refractivity contribution in [2.24, 2.45) is 5.73 Å². The molecule has 0 aromatic carbocycles. The predicted molar refractivity (Wildman–Crippen MR) is 71.3 cm³/mol. The summed E-state index contributed by atoms with van der Waals surface area (Å²) in [5.74, 6) is 1.64. The third-order valence-electron chi connectivity index (χ3n) is 4.13. The summed E-state index contributed by atoms with van der Waals surface area (Å²) in [6.07, 6.45) is 10.4. The Morgan fingerprint density at radius 3 is 2.56 bits per heavy atom. The fraction of sp³-hybridized carbons (Fsp3) is 0.857. The van der Waals surface area contributed by atoms with Crippen molar-refractivity contribution in [3.05, 3.63) is 11.7 Å². The molecule has 0 radical (unpaired) electrons. The highest BCUT2D eigenvalue weighted by atomic mass is 16.5. The number of hydrogen-bond donors (Lipinski definition) is 1. The van der Waals surface area contributed by atoms with E-state index < -0.39 is 0 Å². The van der Waals surface area contributed by atoms with Crippen LogP contribution in [-0.2, 0) is 11.8 Å². The van der Waals surface area contributed by atoms with E-state index in [1.807, 2.05) is 0 Å². The molecule has 1 aromatic heterocycles. The second-order valence-electron chi connectivity index (χ2n) is 5.52. The lowest BCUT2D eigenvalue weighted by molar-refractivity contribution is 0.256. The summed E-state index contributed by atoms with van der Waals surface area (Å²) in [7, 11) is 0. The molecule has 0 bridgehead atoms. The fourth-order valence-electron chi connectivity index (χ4n) is 2.82. The minimum Gasteiger partial charge on any atom is -0.339 e. The molecule has 1 fully saturated rings. The highest BCUT2D eigenvalue weighted by Crippen LogP contribution is 2.36. The molecule has 1 aliphatic carbocycles. The Balaban J connectivity index is 2.12. The maximum absolute atomic E-state index is 6.02. The van der Waals surface area contributed by atoms with Crippen molar-refractivity contribution in [2.75, 3.05) is 6.54 Å². The lowest BCUT2D eigenvalue weighted by atomic mass is 9.80. The van der Waals surface area contributed by atoms with Crippen LogP contribution in [0.3, 0.4) is 0 Å². The molecule has 1 aromatic rings. The van der Waals surface area contributed by atoms with Crippen LogP contribution in [-0.4, -0.2) is 16.7 Å². The summed E-state index contributed by atoms with van der Waals surface area (Å²) in [5, 5.41) is 4.11. The van der Waals surface area contributed by atoms with Crippen LogP contribution in [0.5, 0.6) is 0 Å². The lowest BCUT2D eigenvalue weighted by Gasteiger charge is -2.26. The Morgan fingerprint density at radius 2 is 1.94 bits per heavy atom. The Bertz CT molecular complexity index is 354. The van der Waals surface area contributed by atoms with Crippen molar-refractivity contribution < 1.29 is 4.52 Å². The van der Waals surface area contributed by atoms with E-state index in [-0.39, 0.29) is 5.41 Å². The minimum atomic E-state index is -0.0477. The van der Waals surface area contributed by atoms with Gasteiger partial charge in [-0.05, 0) is 19.3 Å². The average Bonchev–Trinajstić information content (AvgIpc) is 2.74. The highest BCUT2D eigenvalue weighted by molar-refractivity contribution is 5.07. The van der Waals surface area contributed by atoms with Crippen molar-refractivity contribution in [1.82, 2.24) is 10.1 Å². The molecule has 1 aliphatic rings. The van der Waals surface area contributed by atoms with Crippen LogP contribution >= 0.6 is 0 Å². The van der Waals surface area contributed by atoms with Gasteiger partial charge in [0.05, 0.1) is 5.41 Å². The van der Waals surface area contributed by atoms with Gasteiger partial charge >= 0.3 is 0 Å². The Labute approximate surface area is 109 Å². The molecule has 2 N–H and O–H groups in total. The number of rotatable bonds is 5. The number of aromatic nitrogens is 2. The molecule has 1 heterocycles. The highest BCUT2D eigenvalue weighted by Gasteiger charge is 2.36. The largest absolute Gasteiger partial charge is 0.339 e. The molecule has 0 amide bonds. The van der Waals surface area contributed by atoms with E-state index in [1.165, 1.54) is 25.7 Å². The molecular weight excluding hydrogens is 226 g/mol. The summed E-state index contributed by atoms with van der Waals surface area (Å²) in [6, 6.07) is 0. The number of aryl methyl sites for hydroxylation is 1. The third kappa shape index (κ3) is 2.91. The molecule has 0 unspecified atom stereocenters. The molecule has 4 heteroatoms. The van der Waals surface area contributed by atoms with Gasteiger partial charge in [-0.1, -0.05) is 44.2 Å². The average molecular weight is 251 g/mol. The Kier molecular flexibility index (Phi) is 4.75. The van der Waals surface area contributed by atoms with E-state index in [0.717, 1.165) is 43.8 Å². The van der Waals surface area contributed by atoms with Gasteiger partial charge in [-0.2, -0.15) is 4.98 Å². The lowest BCUT2D eigenvalue weighted by Crippen LogP contribution is -2.35. The first-order valence-electron chi connectivity index (χ1n) is 7.34. The molecule has 2 rings (SSSR count). The van der Waals surface area contributed by atoms with Gasteiger partial charge < -0.3 is 10.3 Å². The second-order valence-corrected chi connectivity index (χ2v) is 5.52. The smallest absolute Gasteiger partial charge is 0.234 e. The van der Waals surface area contributed by atoms with Crippen molar-refractivity contribution in [2.45, 2.75) is 70.1 Å². The molecule has 1 saturated carbocycles. The van der Waals surface area contributed by atoms with Crippen LogP contribution in [0.2, 0.25) is 0 Å². The number of unbranched alkanes of at least 4 members (excludes halogenated alkanes) is 1. The van der Waals surface area contributed by atoms with Crippen LogP contribution in [0.1, 0.15) is 70.0 Å². The molecular formula is C14H25N3O. The molecule has 0 aliphatic heterocycles. The van der Waals surface area contributed by atoms with Gasteiger partial charge in [-0.3, -0.25) is 0 Å². The Hall–Kier alpha value is -0.900. The Morgan fingerprint density at radius 1 is 1.22 bits per heavy atom. The maximum atomic E-state index is 6.02. The summed E-state index contributed by atoms with van der Waals surface area (Å²) in [4.78, 5) is 4.60. The van der Waals surface area contributed by atoms with Gasteiger partial charge in [-0.15, -0.1) is 0 Å². The van der Waals surface area contributed by atoms with Gasteiger partial charge in [0.25, 0.3) is 0 Å². The van der Waals surface area contributed by atoms with Gasteiger partial charge in [0.2, 0.25) is 5.89 Å². The van der Waals surface area contributed by atoms with Gasteiger partial charge in [0, 0.05) is 13.0 Å². The minimum absolute atomic E-state index is 0.0477. The van der Waals surface area contributed by atoms with E-state index >= 15 is 0 Å². The number of hydrogen-bond acceptors (Lipinski definition) is 4. The standard InChI is InChI=1S/C14H25N3O/c1-2-3-8-12-16-13(18-17-12)14(11-15)9-6-4-5-7-10-14/h2-11,15H2,1H3. The van der Waals surface area contributed by atoms with Gasteiger partial charge in [0.15, 0.2) is 5.82 Å². The van der Waals surface area contributed by atoms with Crippen LogP contribution in [0.15, 0.2) is 4.52 Å². The number of nitrogens with zero attached hydrogens (tertiary/aromatic N) is 2. The van der Waals surface area contributed by atoms with Crippen LogP contribution in [0, 0.1) is 0 Å². The zero-order chi connectivity index (χ0) is 12.8.